The van der Waals surface area contributed by atoms with E-state index in [1.807, 2.05) is 0 Å². The summed E-state index contributed by atoms with van der Waals surface area (Å²) < 4.78 is 38.7. The summed E-state index contributed by atoms with van der Waals surface area (Å²) >= 11 is 2.03. The van der Waals surface area contributed by atoms with Crippen LogP contribution in [0.1, 0.15) is 12.0 Å². The summed E-state index contributed by atoms with van der Waals surface area (Å²) in [6, 6.07) is 3.18. The minimum Gasteiger partial charge on any atom is -0.481 e. The number of aromatic nitrogens is 1. The Morgan fingerprint density at radius 1 is 1.30 bits per heavy atom. The fraction of sp³-hybridized carbons (Fsp3) is 0.308. The highest BCUT2D eigenvalue weighted by molar-refractivity contribution is 8.01. The molecule has 0 saturated heterocycles. The fourth-order valence-electron chi connectivity index (χ4n) is 1.74. The SMILES string of the molecule is O=C(O)CC(CSc1nc2ccc(C(F)(F)F)cc2s1)C(=O)O. The Balaban J connectivity index is 2.14. The van der Waals surface area contributed by atoms with Gasteiger partial charge in [0.05, 0.1) is 28.1 Å². The number of fused-ring (bicyclic) bond motifs is 1. The summed E-state index contributed by atoms with van der Waals surface area (Å²) in [5.41, 5.74) is -0.393. The van der Waals surface area contributed by atoms with Gasteiger partial charge in [0, 0.05) is 5.75 Å². The Hall–Kier alpha value is -1.81. The van der Waals surface area contributed by atoms with Crippen LogP contribution in [0.25, 0.3) is 10.2 Å². The van der Waals surface area contributed by atoms with Crippen LogP contribution in [0.3, 0.4) is 0 Å². The van der Waals surface area contributed by atoms with Crippen molar-refractivity contribution in [2.75, 3.05) is 5.75 Å². The van der Waals surface area contributed by atoms with Gasteiger partial charge in [-0.1, -0.05) is 11.8 Å². The third-order valence-corrected chi connectivity index (χ3v) is 5.20. The van der Waals surface area contributed by atoms with Crippen LogP contribution in [0.5, 0.6) is 0 Å². The number of aliphatic carboxylic acids is 2. The number of nitrogens with zero attached hydrogens (tertiary/aromatic N) is 1. The largest absolute Gasteiger partial charge is 0.481 e. The molecule has 10 heteroatoms. The van der Waals surface area contributed by atoms with Gasteiger partial charge in [0.2, 0.25) is 0 Å². The molecule has 5 nitrogen and oxygen atoms in total. The number of halogens is 3. The molecule has 0 bridgehead atoms. The summed E-state index contributed by atoms with van der Waals surface area (Å²) in [4.78, 5) is 25.7. The van der Waals surface area contributed by atoms with Gasteiger partial charge in [-0.05, 0) is 18.2 Å². The van der Waals surface area contributed by atoms with E-state index in [-0.39, 0.29) is 5.75 Å². The molecule has 1 atom stereocenters. The Bertz CT molecular complexity index is 744. The number of carboxylic acids is 2. The number of thioether (sulfide) groups is 1. The molecule has 2 N–H and O–H groups in total. The lowest BCUT2D eigenvalue weighted by molar-refractivity contribution is -0.147. The van der Waals surface area contributed by atoms with Crippen molar-refractivity contribution in [1.82, 2.24) is 4.98 Å². The molecule has 0 amide bonds. The number of thiazole rings is 1. The van der Waals surface area contributed by atoms with Crippen LogP contribution >= 0.6 is 23.1 Å². The number of hydrogen-bond donors (Lipinski definition) is 2. The summed E-state index contributed by atoms with van der Waals surface area (Å²) in [5, 5.41) is 17.6. The van der Waals surface area contributed by atoms with Crippen molar-refractivity contribution in [3.8, 4) is 0 Å². The van der Waals surface area contributed by atoms with Crippen molar-refractivity contribution >= 4 is 45.3 Å². The molecule has 1 aromatic heterocycles. The molecule has 0 aliphatic heterocycles. The molecule has 0 radical (unpaired) electrons. The van der Waals surface area contributed by atoms with E-state index in [2.05, 4.69) is 4.98 Å². The molecule has 0 fully saturated rings. The lowest BCUT2D eigenvalue weighted by atomic mass is 10.1. The first-order chi connectivity index (χ1) is 10.7. The van der Waals surface area contributed by atoms with Crippen LogP contribution < -0.4 is 0 Å². The average Bonchev–Trinajstić information content (AvgIpc) is 2.83. The molecule has 0 aliphatic rings. The third-order valence-electron chi connectivity index (χ3n) is 2.87. The van der Waals surface area contributed by atoms with Gasteiger partial charge in [0.15, 0.2) is 4.34 Å². The van der Waals surface area contributed by atoms with E-state index in [0.717, 1.165) is 35.2 Å². The van der Waals surface area contributed by atoms with E-state index >= 15 is 0 Å². The van der Waals surface area contributed by atoms with Gasteiger partial charge in [0.25, 0.3) is 0 Å². The van der Waals surface area contributed by atoms with Crippen molar-refractivity contribution in [2.45, 2.75) is 16.9 Å². The minimum atomic E-state index is -4.44. The van der Waals surface area contributed by atoms with Crippen molar-refractivity contribution in [2.24, 2.45) is 5.92 Å². The quantitative estimate of drug-likeness (QED) is 0.761. The maximum absolute atomic E-state index is 12.6. The number of hydrogen-bond acceptors (Lipinski definition) is 5. The second-order valence-corrected chi connectivity index (χ2v) is 6.90. The second-order valence-electron chi connectivity index (χ2n) is 4.60. The van der Waals surface area contributed by atoms with Gasteiger partial charge in [-0.2, -0.15) is 13.2 Å². The summed E-state index contributed by atoms with van der Waals surface area (Å²) in [7, 11) is 0. The Kier molecular flexibility index (Phi) is 5.15. The van der Waals surface area contributed by atoms with E-state index in [4.69, 9.17) is 10.2 Å². The fourth-order valence-corrected chi connectivity index (χ4v) is 3.95. The zero-order valence-electron chi connectivity index (χ0n) is 11.3. The summed E-state index contributed by atoms with van der Waals surface area (Å²) in [6.45, 7) is 0. The Morgan fingerprint density at radius 2 is 2.00 bits per heavy atom. The number of rotatable bonds is 6. The average molecular weight is 365 g/mol. The zero-order valence-corrected chi connectivity index (χ0v) is 13.0. The highest BCUT2D eigenvalue weighted by atomic mass is 32.2. The summed E-state index contributed by atoms with van der Waals surface area (Å²) in [5.74, 6) is -3.57. The Morgan fingerprint density at radius 3 is 2.57 bits per heavy atom. The predicted octanol–water partition coefficient (Wildman–Crippen LogP) is 3.58. The first-order valence-electron chi connectivity index (χ1n) is 6.22. The molecule has 124 valence electrons. The lowest BCUT2D eigenvalue weighted by Crippen LogP contribution is -2.19. The van der Waals surface area contributed by atoms with Crippen LogP contribution in [0, 0.1) is 5.92 Å². The maximum Gasteiger partial charge on any atom is 0.416 e. The van der Waals surface area contributed by atoms with Gasteiger partial charge in [-0.25, -0.2) is 4.98 Å². The lowest BCUT2D eigenvalue weighted by Gasteiger charge is -2.07. The van der Waals surface area contributed by atoms with E-state index in [9.17, 15) is 22.8 Å². The first kappa shape index (κ1) is 17.5. The monoisotopic (exact) mass is 365 g/mol. The number of benzene rings is 1. The zero-order chi connectivity index (χ0) is 17.2. The number of carboxylic acid groups (broad SMARTS) is 2. The Labute approximate surface area is 136 Å². The predicted molar refractivity (Wildman–Crippen MR) is 78.7 cm³/mol. The van der Waals surface area contributed by atoms with Gasteiger partial charge in [0.1, 0.15) is 0 Å². The standard InChI is InChI=1S/C13H10F3NO4S2/c14-13(15,16)7-1-2-8-9(4-7)23-12(17-8)22-5-6(11(20)21)3-10(18)19/h1-2,4,6H,3,5H2,(H,18,19)(H,20,21). The van der Waals surface area contributed by atoms with Crippen LogP contribution in [-0.2, 0) is 15.8 Å². The molecule has 1 aromatic carbocycles. The molecule has 23 heavy (non-hydrogen) atoms. The second kappa shape index (κ2) is 6.75. The number of alkyl halides is 3. The molecule has 0 aliphatic carbocycles. The van der Waals surface area contributed by atoms with Gasteiger partial charge in [-0.3, -0.25) is 9.59 Å². The van der Waals surface area contributed by atoms with Crippen molar-refractivity contribution in [3.63, 3.8) is 0 Å². The smallest absolute Gasteiger partial charge is 0.416 e. The van der Waals surface area contributed by atoms with Crippen LogP contribution in [-0.4, -0.2) is 32.9 Å². The van der Waals surface area contributed by atoms with Crippen molar-refractivity contribution < 1.29 is 33.0 Å². The molecule has 1 heterocycles. The molecule has 0 spiro atoms. The van der Waals surface area contributed by atoms with Crippen LogP contribution in [0.4, 0.5) is 13.2 Å². The maximum atomic E-state index is 12.6. The van der Waals surface area contributed by atoms with Gasteiger partial charge in [-0.15, -0.1) is 11.3 Å². The first-order valence-corrected chi connectivity index (χ1v) is 8.02. The molecule has 2 rings (SSSR count). The molecule has 0 saturated carbocycles. The highest BCUT2D eigenvalue weighted by Gasteiger charge is 2.30. The molecule has 2 aromatic rings. The van der Waals surface area contributed by atoms with E-state index in [1.165, 1.54) is 6.07 Å². The summed E-state index contributed by atoms with van der Waals surface area (Å²) in [6.07, 6.45) is -4.97. The van der Waals surface area contributed by atoms with Crippen molar-refractivity contribution in [1.29, 1.82) is 0 Å². The van der Waals surface area contributed by atoms with Gasteiger partial charge < -0.3 is 10.2 Å². The van der Waals surface area contributed by atoms with E-state index in [0.29, 0.717) is 14.6 Å². The normalized spacial score (nSPS) is 13.2. The molecular weight excluding hydrogens is 355 g/mol. The van der Waals surface area contributed by atoms with Crippen molar-refractivity contribution in [3.05, 3.63) is 23.8 Å². The van der Waals surface area contributed by atoms with Crippen LogP contribution in [0.15, 0.2) is 22.5 Å². The topological polar surface area (TPSA) is 87.5 Å². The van der Waals surface area contributed by atoms with Crippen LogP contribution in [0.2, 0.25) is 0 Å². The van der Waals surface area contributed by atoms with E-state index in [1.54, 1.807) is 0 Å². The van der Waals surface area contributed by atoms with Gasteiger partial charge >= 0.3 is 18.1 Å². The number of carbonyl (C=O) groups is 2. The van der Waals surface area contributed by atoms with E-state index < -0.39 is 36.0 Å². The third kappa shape index (κ3) is 4.58. The molecule has 1 unspecified atom stereocenters. The minimum absolute atomic E-state index is 0.0203. The highest BCUT2D eigenvalue weighted by Crippen LogP contribution is 2.36. The molecular formula is C13H10F3NO4S2.